The van der Waals surface area contributed by atoms with Crippen LogP contribution in [0.15, 0.2) is 6.20 Å². The third kappa shape index (κ3) is 4.01. The predicted molar refractivity (Wildman–Crippen MR) is 60.9 cm³/mol. The highest BCUT2D eigenvalue weighted by Gasteiger charge is 2.06. The van der Waals surface area contributed by atoms with Crippen molar-refractivity contribution in [2.24, 2.45) is 0 Å². The summed E-state index contributed by atoms with van der Waals surface area (Å²) in [6.07, 6.45) is 3.02. The van der Waals surface area contributed by atoms with Crippen LogP contribution < -0.4 is 5.32 Å². The molecule has 0 saturated heterocycles. The molecule has 86 valence electrons. The third-order valence-electron chi connectivity index (χ3n) is 2.53. The van der Waals surface area contributed by atoms with E-state index in [1.54, 1.807) is 7.11 Å². The van der Waals surface area contributed by atoms with Gasteiger partial charge in [-0.3, -0.25) is 0 Å². The summed E-state index contributed by atoms with van der Waals surface area (Å²) in [5.74, 6) is 1.60. The number of methoxy groups -OCH3 is 1. The van der Waals surface area contributed by atoms with Crippen LogP contribution in [-0.2, 0) is 11.3 Å². The van der Waals surface area contributed by atoms with Crippen LogP contribution in [0.2, 0.25) is 0 Å². The number of nitrogens with zero attached hydrogens (tertiary/aromatic N) is 1. The van der Waals surface area contributed by atoms with Crippen LogP contribution in [-0.4, -0.2) is 30.2 Å². The van der Waals surface area contributed by atoms with Crippen molar-refractivity contribution in [2.75, 3.05) is 20.3 Å². The van der Waals surface area contributed by atoms with Gasteiger partial charge in [-0.25, -0.2) is 4.98 Å². The second-order valence-corrected chi connectivity index (χ2v) is 3.77. The van der Waals surface area contributed by atoms with Crippen LogP contribution in [0.3, 0.4) is 0 Å². The van der Waals surface area contributed by atoms with Crippen molar-refractivity contribution in [1.29, 1.82) is 0 Å². The zero-order chi connectivity index (χ0) is 11.1. The molecule has 15 heavy (non-hydrogen) atoms. The number of aromatic nitrogens is 2. The Bertz CT molecular complexity index is 273. The largest absolute Gasteiger partial charge is 0.383 e. The second kappa shape index (κ2) is 6.58. The average molecular weight is 211 g/mol. The van der Waals surface area contributed by atoms with E-state index in [9.17, 15) is 0 Å². The van der Waals surface area contributed by atoms with Crippen molar-refractivity contribution in [3.05, 3.63) is 17.7 Å². The van der Waals surface area contributed by atoms with E-state index in [0.717, 1.165) is 37.6 Å². The molecule has 1 aromatic heterocycles. The van der Waals surface area contributed by atoms with E-state index >= 15 is 0 Å². The average Bonchev–Trinajstić information content (AvgIpc) is 2.72. The monoisotopic (exact) mass is 211 g/mol. The summed E-state index contributed by atoms with van der Waals surface area (Å²) in [5.41, 5.74) is 1.14. The Kier molecular flexibility index (Phi) is 5.36. The second-order valence-electron chi connectivity index (χ2n) is 3.77. The molecular weight excluding hydrogens is 190 g/mol. The maximum absolute atomic E-state index is 4.95. The lowest BCUT2D eigenvalue weighted by atomic mass is 10.1. The summed E-state index contributed by atoms with van der Waals surface area (Å²) in [6, 6.07) is 0. The van der Waals surface area contributed by atoms with Gasteiger partial charge in [0.25, 0.3) is 0 Å². The van der Waals surface area contributed by atoms with Gasteiger partial charge in [-0.2, -0.15) is 0 Å². The first kappa shape index (κ1) is 12.2. The third-order valence-corrected chi connectivity index (χ3v) is 2.53. The van der Waals surface area contributed by atoms with E-state index in [4.69, 9.17) is 4.74 Å². The molecular formula is C11H21N3O. The summed E-state index contributed by atoms with van der Waals surface area (Å²) in [5, 5.41) is 3.28. The summed E-state index contributed by atoms with van der Waals surface area (Å²) >= 11 is 0. The fourth-order valence-electron chi connectivity index (χ4n) is 1.31. The molecule has 4 nitrogen and oxygen atoms in total. The van der Waals surface area contributed by atoms with Crippen molar-refractivity contribution >= 4 is 0 Å². The molecule has 0 fully saturated rings. The Labute approximate surface area is 91.4 Å². The van der Waals surface area contributed by atoms with Crippen LogP contribution in [0.4, 0.5) is 0 Å². The van der Waals surface area contributed by atoms with Gasteiger partial charge < -0.3 is 15.0 Å². The van der Waals surface area contributed by atoms with E-state index in [1.165, 1.54) is 0 Å². The van der Waals surface area contributed by atoms with E-state index in [2.05, 4.69) is 29.1 Å². The van der Waals surface area contributed by atoms with Gasteiger partial charge in [0.2, 0.25) is 0 Å². The Morgan fingerprint density at radius 3 is 3.07 bits per heavy atom. The smallest absolute Gasteiger partial charge is 0.109 e. The van der Waals surface area contributed by atoms with Gasteiger partial charge in [-0.05, 0) is 6.42 Å². The van der Waals surface area contributed by atoms with Crippen LogP contribution >= 0.6 is 0 Å². The number of rotatable bonds is 7. The molecule has 1 atom stereocenters. The molecule has 1 unspecified atom stereocenters. The molecule has 0 radical (unpaired) electrons. The molecule has 0 amide bonds. The van der Waals surface area contributed by atoms with Crippen molar-refractivity contribution in [3.8, 4) is 0 Å². The lowest BCUT2D eigenvalue weighted by Crippen LogP contribution is -2.18. The fraction of sp³-hybridized carbons (Fsp3) is 0.727. The number of hydrogen-bond acceptors (Lipinski definition) is 3. The van der Waals surface area contributed by atoms with Crippen LogP contribution in [0.25, 0.3) is 0 Å². The highest BCUT2D eigenvalue weighted by atomic mass is 16.5. The standard InChI is InChI=1S/C11H21N3O/c1-4-9(2)11-13-8-10(14-11)7-12-5-6-15-3/h8-9,12H,4-7H2,1-3H3,(H,13,14). The molecule has 0 aliphatic heterocycles. The predicted octanol–water partition coefficient (Wildman–Crippen LogP) is 1.66. The van der Waals surface area contributed by atoms with Crippen LogP contribution in [0, 0.1) is 0 Å². The van der Waals surface area contributed by atoms with Crippen molar-refractivity contribution in [2.45, 2.75) is 32.7 Å². The van der Waals surface area contributed by atoms with Crippen LogP contribution in [0.5, 0.6) is 0 Å². The Hall–Kier alpha value is -0.870. The first-order chi connectivity index (χ1) is 7.27. The van der Waals surface area contributed by atoms with E-state index < -0.39 is 0 Å². The van der Waals surface area contributed by atoms with E-state index in [-0.39, 0.29) is 0 Å². The number of nitrogens with one attached hydrogen (secondary N) is 2. The maximum Gasteiger partial charge on any atom is 0.109 e. The summed E-state index contributed by atoms with van der Waals surface area (Å²) in [7, 11) is 1.71. The molecule has 0 aliphatic rings. The Morgan fingerprint density at radius 1 is 1.60 bits per heavy atom. The molecule has 1 heterocycles. The number of H-pyrrole nitrogens is 1. The van der Waals surface area contributed by atoms with Gasteiger partial charge in [0.05, 0.1) is 6.61 Å². The molecule has 4 heteroatoms. The minimum Gasteiger partial charge on any atom is -0.383 e. The fourth-order valence-corrected chi connectivity index (χ4v) is 1.31. The Balaban J connectivity index is 2.33. The van der Waals surface area contributed by atoms with Gasteiger partial charge in [0.1, 0.15) is 5.82 Å². The highest BCUT2D eigenvalue weighted by Crippen LogP contribution is 2.14. The molecule has 0 aromatic carbocycles. The minimum atomic E-state index is 0.512. The van der Waals surface area contributed by atoms with Gasteiger partial charge in [-0.1, -0.05) is 13.8 Å². The summed E-state index contributed by atoms with van der Waals surface area (Å²) < 4.78 is 4.95. The lowest BCUT2D eigenvalue weighted by molar-refractivity contribution is 0.199. The topological polar surface area (TPSA) is 49.9 Å². The summed E-state index contributed by atoms with van der Waals surface area (Å²) in [4.78, 5) is 7.69. The van der Waals surface area contributed by atoms with E-state index in [1.807, 2.05) is 6.20 Å². The van der Waals surface area contributed by atoms with Gasteiger partial charge in [0, 0.05) is 38.0 Å². The maximum atomic E-state index is 4.95. The molecule has 1 rings (SSSR count). The molecule has 0 aliphatic carbocycles. The zero-order valence-electron chi connectivity index (χ0n) is 9.84. The molecule has 0 spiro atoms. The van der Waals surface area contributed by atoms with Crippen LogP contribution in [0.1, 0.15) is 37.7 Å². The molecule has 2 N–H and O–H groups in total. The number of imidazole rings is 1. The highest BCUT2D eigenvalue weighted by molar-refractivity contribution is 5.04. The van der Waals surface area contributed by atoms with Gasteiger partial charge >= 0.3 is 0 Å². The van der Waals surface area contributed by atoms with Gasteiger partial charge in [-0.15, -0.1) is 0 Å². The van der Waals surface area contributed by atoms with Crippen molar-refractivity contribution in [3.63, 3.8) is 0 Å². The number of hydrogen-bond donors (Lipinski definition) is 2. The molecule has 0 bridgehead atoms. The number of aromatic amines is 1. The molecule has 0 saturated carbocycles. The van der Waals surface area contributed by atoms with Gasteiger partial charge in [0.15, 0.2) is 0 Å². The first-order valence-electron chi connectivity index (χ1n) is 5.51. The number of ether oxygens (including phenoxy) is 1. The lowest BCUT2D eigenvalue weighted by Gasteiger charge is -2.04. The zero-order valence-corrected chi connectivity index (χ0v) is 9.84. The quantitative estimate of drug-likeness (QED) is 0.674. The molecule has 1 aromatic rings. The SMILES string of the molecule is CCC(C)c1ncc(CNCCOC)[nH]1. The van der Waals surface area contributed by atoms with Crippen molar-refractivity contribution in [1.82, 2.24) is 15.3 Å². The first-order valence-corrected chi connectivity index (χ1v) is 5.51. The Morgan fingerprint density at radius 2 is 2.40 bits per heavy atom. The van der Waals surface area contributed by atoms with E-state index in [0.29, 0.717) is 5.92 Å². The normalized spacial score (nSPS) is 13.0. The minimum absolute atomic E-state index is 0.512. The summed E-state index contributed by atoms with van der Waals surface area (Å²) in [6.45, 7) is 6.79. The van der Waals surface area contributed by atoms with Crippen molar-refractivity contribution < 1.29 is 4.74 Å².